The molecule has 0 aromatic heterocycles. The number of carbonyl (C=O) groups is 2. The van der Waals surface area contributed by atoms with Crippen molar-refractivity contribution in [2.24, 2.45) is 0 Å². The van der Waals surface area contributed by atoms with Crippen molar-refractivity contribution >= 4 is 27.9 Å². The summed E-state index contributed by atoms with van der Waals surface area (Å²) in [4.78, 5) is 29.1. The Balaban J connectivity index is 1.64. The molecule has 1 aromatic carbocycles. The fourth-order valence-corrected chi connectivity index (χ4v) is 4.15. The zero-order chi connectivity index (χ0) is 20.4. The topological polar surface area (TPSA) is 59.1 Å². The molecule has 1 aliphatic heterocycles. The van der Waals surface area contributed by atoms with E-state index < -0.39 is 11.2 Å². The fraction of sp³-hybridized carbons (Fsp3) is 0.619. The molecule has 0 atom stereocenters. The number of amides is 2. The number of rotatable bonds is 3. The predicted molar refractivity (Wildman–Crippen MR) is 110 cm³/mol. The van der Waals surface area contributed by atoms with Crippen molar-refractivity contribution in [3.8, 4) is 5.75 Å². The van der Waals surface area contributed by atoms with E-state index in [1.165, 1.54) is 0 Å². The second-order valence-electron chi connectivity index (χ2n) is 8.52. The molecule has 1 heterocycles. The van der Waals surface area contributed by atoms with Crippen LogP contribution in [0.1, 0.15) is 46.5 Å². The van der Waals surface area contributed by atoms with Crippen LogP contribution < -0.4 is 4.74 Å². The van der Waals surface area contributed by atoms with Crippen LogP contribution in [0.3, 0.4) is 0 Å². The Labute approximate surface area is 175 Å². The SMILES string of the molecule is CC(C)(C)OC(=O)N1CCN(C(=O)C2(Oc3cccc(Br)c3)CCCC2)CC1. The number of hydrogen-bond donors (Lipinski definition) is 0. The Morgan fingerprint density at radius 2 is 1.64 bits per heavy atom. The molecule has 0 unspecified atom stereocenters. The minimum Gasteiger partial charge on any atom is -0.477 e. The number of hydrogen-bond acceptors (Lipinski definition) is 4. The Morgan fingerprint density at radius 1 is 1.04 bits per heavy atom. The van der Waals surface area contributed by atoms with E-state index in [-0.39, 0.29) is 12.0 Å². The molecule has 28 heavy (non-hydrogen) atoms. The van der Waals surface area contributed by atoms with E-state index in [9.17, 15) is 9.59 Å². The maximum atomic E-state index is 13.4. The van der Waals surface area contributed by atoms with Gasteiger partial charge < -0.3 is 19.3 Å². The first kappa shape index (κ1) is 21.0. The first-order valence-corrected chi connectivity index (χ1v) is 10.7. The molecule has 3 rings (SSSR count). The first-order chi connectivity index (χ1) is 13.2. The summed E-state index contributed by atoms with van der Waals surface area (Å²) in [5, 5.41) is 0. The Morgan fingerprint density at radius 3 is 2.21 bits per heavy atom. The van der Waals surface area contributed by atoms with Crippen LogP contribution >= 0.6 is 15.9 Å². The van der Waals surface area contributed by atoms with Crippen LogP contribution in [-0.2, 0) is 9.53 Å². The average Bonchev–Trinajstić information content (AvgIpc) is 3.09. The second kappa shape index (κ2) is 8.31. The molecule has 154 valence electrons. The van der Waals surface area contributed by atoms with Crippen molar-refractivity contribution in [2.75, 3.05) is 26.2 Å². The highest BCUT2D eigenvalue weighted by Gasteiger charge is 2.46. The molecule has 0 radical (unpaired) electrons. The summed E-state index contributed by atoms with van der Waals surface area (Å²) >= 11 is 3.46. The van der Waals surface area contributed by atoms with Crippen LogP contribution in [0.15, 0.2) is 28.7 Å². The van der Waals surface area contributed by atoms with E-state index in [0.29, 0.717) is 31.9 Å². The molecule has 0 spiro atoms. The molecular formula is C21H29BrN2O4. The summed E-state index contributed by atoms with van der Waals surface area (Å²) in [6.45, 7) is 7.53. The number of piperazine rings is 1. The number of carbonyl (C=O) groups excluding carboxylic acids is 2. The Kier molecular flexibility index (Phi) is 6.22. The van der Waals surface area contributed by atoms with Gasteiger partial charge in [-0.25, -0.2) is 4.79 Å². The summed E-state index contributed by atoms with van der Waals surface area (Å²) in [5.74, 6) is 0.742. The molecule has 2 fully saturated rings. The third kappa shape index (κ3) is 4.99. The molecule has 0 N–H and O–H groups in total. The number of ether oxygens (including phenoxy) is 2. The smallest absolute Gasteiger partial charge is 0.410 e. The highest BCUT2D eigenvalue weighted by atomic mass is 79.9. The fourth-order valence-electron chi connectivity index (χ4n) is 3.77. The number of nitrogens with zero attached hydrogens (tertiary/aromatic N) is 2. The lowest BCUT2D eigenvalue weighted by molar-refractivity contribution is -0.149. The molecule has 2 amide bonds. The molecule has 7 heteroatoms. The predicted octanol–water partition coefficient (Wildman–Crippen LogP) is 4.22. The Bertz CT molecular complexity index is 717. The van der Waals surface area contributed by atoms with Gasteiger partial charge in [0.2, 0.25) is 0 Å². The van der Waals surface area contributed by atoms with Gasteiger partial charge in [0, 0.05) is 30.7 Å². The summed E-state index contributed by atoms with van der Waals surface area (Å²) < 4.78 is 12.6. The van der Waals surface area contributed by atoms with E-state index >= 15 is 0 Å². The summed E-state index contributed by atoms with van der Waals surface area (Å²) in [6, 6.07) is 7.63. The molecule has 0 bridgehead atoms. The van der Waals surface area contributed by atoms with Gasteiger partial charge in [-0.15, -0.1) is 0 Å². The quantitative estimate of drug-likeness (QED) is 0.688. The van der Waals surface area contributed by atoms with Crippen molar-refractivity contribution < 1.29 is 19.1 Å². The van der Waals surface area contributed by atoms with E-state index in [0.717, 1.165) is 30.2 Å². The minimum atomic E-state index is -0.797. The van der Waals surface area contributed by atoms with Crippen molar-refractivity contribution in [1.29, 1.82) is 0 Å². The van der Waals surface area contributed by atoms with E-state index in [1.54, 1.807) is 4.90 Å². The van der Waals surface area contributed by atoms with Crippen LogP contribution in [0.5, 0.6) is 5.75 Å². The molecule has 6 nitrogen and oxygen atoms in total. The molecule has 1 aliphatic carbocycles. The molecule has 1 saturated heterocycles. The molecule has 1 saturated carbocycles. The largest absolute Gasteiger partial charge is 0.477 e. The van der Waals surface area contributed by atoms with Crippen molar-refractivity contribution in [2.45, 2.75) is 57.7 Å². The van der Waals surface area contributed by atoms with Crippen LogP contribution in [-0.4, -0.2) is 59.2 Å². The van der Waals surface area contributed by atoms with Gasteiger partial charge in [-0.3, -0.25) is 4.79 Å². The van der Waals surface area contributed by atoms with Crippen molar-refractivity contribution in [1.82, 2.24) is 9.80 Å². The van der Waals surface area contributed by atoms with Crippen LogP contribution in [0.4, 0.5) is 4.79 Å². The van der Waals surface area contributed by atoms with Gasteiger partial charge in [0.25, 0.3) is 5.91 Å². The highest BCUT2D eigenvalue weighted by Crippen LogP contribution is 2.37. The van der Waals surface area contributed by atoms with Gasteiger partial charge in [-0.2, -0.15) is 0 Å². The third-order valence-corrected chi connectivity index (χ3v) is 5.62. The third-order valence-electron chi connectivity index (χ3n) is 5.13. The maximum absolute atomic E-state index is 13.4. The minimum absolute atomic E-state index is 0.0359. The van der Waals surface area contributed by atoms with Gasteiger partial charge in [0.15, 0.2) is 5.60 Å². The van der Waals surface area contributed by atoms with Crippen LogP contribution in [0.2, 0.25) is 0 Å². The first-order valence-electron chi connectivity index (χ1n) is 9.90. The molecular weight excluding hydrogens is 424 g/mol. The van der Waals surface area contributed by atoms with Crippen LogP contribution in [0.25, 0.3) is 0 Å². The number of benzene rings is 1. The average molecular weight is 453 g/mol. The maximum Gasteiger partial charge on any atom is 0.410 e. The van der Waals surface area contributed by atoms with Crippen LogP contribution in [0, 0.1) is 0 Å². The van der Waals surface area contributed by atoms with E-state index in [1.807, 2.05) is 49.9 Å². The summed E-state index contributed by atoms with van der Waals surface area (Å²) in [6.07, 6.45) is 3.10. The lowest BCUT2D eigenvalue weighted by Crippen LogP contribution is -2.58. The van der Waals surface area contributed by atoms with E-state index in [4.69, 9.17) is 9.47 Å². The van der Waals surface area contributed by atoms with Gasteiger partial charge in [-0.05, 0) is 64.7 Å². The second-order valence-corrected chi connectivity index (χ2v) is 9.44. The van der Waals surface area contributed by atoms with Gasteiger partial charge in [0.1, 0.15) is 11.4 Å². The molecule has 2 aliphatic rings. The zero-order valence-electron chi connectivity index (χ0n) is 16.9. The van der Waals surface area contributed by atoms with E-state index in [2.05, 4.69) is 15.9 Å². The standard InChI is InChI=1S/C21H29BrN2O4/c1-20(2,3)28-19(26)24-13-11-23(12-14-24)18(25)21(9-4-5-10-21)27-17-8-6-7-16(22)15-17/h6-8,15H,4-5,9-14H2,1-3H3. The van der Waals surface area contributed by atoms with Gasteiger partial charge >= 0.3 is 6.09 Å². The monoisotopic (exact) mass is 452 g/mol. The normalized spacial score (nSPS) is 19.4. The van der Waals surface area contributed by atoms with Crippen molar-refractivity contribution in [3.05, 3.63) is 28.7 Å². The van der Waals surface area contributed by atoms with Gasteiger partial charge in [0.05, 0.1) is 0 Å². The Hall–Kier alpha value is -1.76. The zero-order valence-corrected chi connectivity index (χ0v) is 18.5. The summed E-state index contributed by atoms with van der Waals surface area (Å²) in [5.41, 5.74) is -1.31. The lowest BCUT2D eigenvalue weighted by atomic mass is 9.99. The molecule has 1 aromatic rings. The summed E-state index contributed by atoms with van der Waals surface area (Å²) in [7, 11) is 0. The number of halogens is 1. The van der Waals surface area contributed by atoms with Gasteiger partial charge in [-0.1, -0.05) is 22.0 Å². The highest BCUT2D eigenvalue weighted by molar-refractivity contribution is 9.10. The van der Waals surface area contributed by atoms with Crippen molar-refractivity contribution in [3.63, 3.8) is 0 Å². The lowest BCUT2D eigenvalue weighted by Gasteiger charge is -2.40.